The Morgan fingerprint density at radius 3 is 2.55 bits per heavy atom. The maximum Gasteiger partial charge on any atom is 0.344 e. The quantitative estimate of drug-likeness (QED) is 0.561. The van der Waals surface area contributed by atoms with Crippen LogP contribution in [-0.2, 0) is 14.3 Å². The number of aliphatic imine (C=N–C) groups is 1. The molecule has 7 nitrogen and oxygen atoms in total. The van der Waals surface area contributed by atoms with Crippen LogP contribution in [0.1, 0.15) is 12.5 Å². The lowest BCUT2D eigenvalue weighted by Gasteiger charge is -2.07. The Morgan fingerprint density at radius 2 is 1.87 bits per heavy atom. The van der Waals surface area contributed by atoms with Crippen molar-refractivity contribution in [1.82, 2.24) is 0 Å². The molecule has 0 radical (unpaired) electrons. The fraction of sp³-hybridized carbons (Fsp3) is 0.136. The molecule has 0 fully saturated rings. The predicted octanol–water partition coefficient (Wildman–Crippen LogP) is 5.00. The number of halogens is 1. The number of nitrogens with zero attached hydrogens (tertiary/aromatic N) is 1. The second-order valence-corrected chi connectivity index (χ2v) is 7.64. The van der Waals surface area contributed by atoms with E-state index >= 15 is 0 Å². The summed E-state index contributed by atoms with van der Waals surface area (Å²) in [7, 11) is 0. The average Bonchev–Trinajstić information content (AvgIpc) is 3.04. The maximum atomic E-state index is 12.5. The number of rotatable bonds is 7. The Bertz CT molecular complexity index is 1090. The van der Waals surface area contributed by atoms with Crippen molar-refractivity contribution in [2.24, 2.45) is 4.99 Å². The number of hydrogen-bond acceptors (Lipinski definition) is 7. The van der Waals surface area contributed by atoms with Crippen LogP contribution in [0.25, 0.3) is 6.08 Å². The molecule has 1 aliphatic rings. The highest BCUT2D eigenvalue weighted by Crippen LogP contribution is 2.41. The number of benzene rings is 2. The van der Waals surface area contributed by atoms with Crippen LogP contribution in [0.5, 0.6) is 5.75 Å². The monoisotopic (exact) mass is 459 g/mol. The van der Waals surface area contributed by atoms with Gasteiger partial charge >= 0.3 is 11.9 Å². The van der Waals surface area contributed by atoms with E-state index in [1.807, 2.05) is 0 Å². The van der Waals surface area contributed by atoms with Gasteiger partial charge in [0.2, 0.25) is 0 Å². The molecule has 0 aromatic heterocycles. The molecule has 31 heavy (non-hydrogen) atoms. The number of carboxylic acids is 1. The molecule has 3 rings (SSSR count). The van der Waals surface area contributed by atoms with Gasteiger partial charge in [0, 0.05) is 10.6 Å². The van der Waals surface area contributed by atoms with Crippen molar-refractivity contribution in [3.05, 3.63) is 75.4 Å². The van der Waals surface area contributed by atoms with Crippen molar-refractivity contribution in [3.8, 4) is 5.75 Å². The smallest absolute Gasteiger partial charge is 0.344 e. The lowest BCUT2D eigenvalue weighted by Crippen LogP contribution is -2.12. The SMILES string of the molecule is CCOC(=O)C1=C(O)C(=Cc2ccccc2OCC(=O)O)SC1=Nc1ccc(Cl)cc1. The third-order valence-electron chi connectivity index (χ3n) is 3.98. The van der Waals surface area contributed by atoms with Crippen molar-refractivity contribution in [2.45, 2.75) is 6.92 Å². The topological polar surface area (TPSA) is 105 Å². The molecule has 160 valence electrons. The van der Waals surface area contributed by atoms with Crippen LogP contribution in [0.15, 0.2) is 69.8 Å². The van der Waals surface area contributed by atoms with Crippen LogP contribution in [-0.4, -0.2) is 40.4 Å². The molecule has 2 aromatic rings. The number of esters is 1. The lowest BCUT2D eigenvalue weighted by molar-refractivity contribution is -0.139. The van der Waals surface area contributed by atoms with Gasteiger partial charge in [0.1, 0.15) is 22.1 Å². The summed E-state index contributed by atoms with van der Waals surface area (Å²) < 4.78 is 10.4. The lowest BCUT2D eigenvalue weighted by atomic mass is 10.1. The molecule has 1 aliphatic heterocycles. The summed E-state index contributed by atoms with van der Waals surface area (Å²) in [6.45, 7) is 1.30. The Labute approximate surface area is 187 Å². The highest BCUT2D eigenvalue weighted by Gasteiger charge is 2.33. The van der Waals surface area contributed by atoms with Crippen molar-refractivity contribution in [1.29, 1.82) is 0 Å². The molecule has 1 heterocycles. The summed E-state index contributed by atoms with van der Waals surface area (Å²) >= 11 is 7.00. The normalized spacial score (nSPS) is 16.1. The molecule has 9 heteroatoms. The molecule has 2 N–H and O–H groups in total. The van der Waals surface area contributed by atoms with Crippen LogP contribution in [0.2, 0.25) is 5.02 Å². The van der Waals surface area contributed by atoms with E-state index in [1.54, 1.807) is 61.5 Å². The van der Waals surface area contributed by atoms with Gasteiger partial charge in [-0.15, -0.1) is 0 Å². The Balaban J connectivity index is 2.01. The summed E-state index contributed by atoms with van der Waals surface area (Å²) in [6.07, 6.45) is 1.60. The minimum atomic E-state index is -1.11. The van der Waals surface area contributed by atoms with Gasteiger partial charge in [-0.05, 0) is 43.3 Å². The van der Waals surface area contributed by atoms with Gasteiger partial charge in [0.05, 0.1) is 17.2 Å². The van der Waals surface area contributed by atoms with Crippen molar-refractivity contribution < 1.29 is 29.3 Å². The molecule has 0 aliphatic carbocycles. The second-order valence-electron chi connectivity index (χ2n) is 6.17. The summed E-state index contributed by atoms with van der Waals surface area (Å²) in [5, 5.41) is 20.4. The number of aliphatic carboxylic acids is 1. The predicted molar refractivity (Wildman–Crippen MR) is 120 cm³/mol. The Morgan fingerprint density at radius 1 is 1.16 bits per heavy atom. The van der Waals surface area contributed by atoms with Gasteiger partial charge < -0.3 is 19.7 Å². The van der Waals surface area contributed by atoms with Gasteiger partial charge in [-0.25, -0.2) is 14.6 Å². The molecular formula is C22H18ClNO6S. The molecule has 2 aromatic carbocycles. The molecule has 0 atom stereocenters. The molecular weight excluding hydrogens is 442 g/mol. The zero-order valence-electron chi connectivity index (χ0n) is 16.4. The zero-order valence-corrected chi connectivity index (χ0v) is 17.9. The van der Waals surface area contributed by atoms with Gasteiger partial charge in [-0.1, -0.05) is 41.6 Å². The molecule has 0 amide bonds. The summed E-state index contributed by atoms with van der Waals surface area (Å²) in [4.78, 5) is 28.1. The summed E-state index contributed by atoms with van der Waals surface area (Å²) in [5.41, 5.74) is 1.04. The first-order chi connectivity index (χ1) is 14.9. The number of para-hydroxylation sites is 1. The zero-order chi connectivity index (χ0) is 22.4. The second kappa shape index (κ2) is 10.2. The van der Waals surface area contributed by atoms with Crippen LogP contribution in [0.3, 0.4) is 0 Å². The van der Waals surface area contributed by atoms with E-state index in [0.29, 0.717) is 26.9 Å². The molecule has 0 saturated carbocycles. The number of hydrogen-bond donors (Lipinski definition) is 2. The molecule has 0 unspecified atom stereocenters. The average molecular weight is 460 g/mol. The number of ether oxygens (including phenoxy) is 2. The first-order valence-corrected chi connectivity index (χ1v) is 10.4. The maximum absolute atomic E-state index is 12.5. The van der Waals surface area contributed by atoms with Gasteiger partial charge in [-0.2, -0.15) is 0 Å². The van der Waals surface area contributed by atoms with E-state index in [-0.39, 0.29) is 23.0 Å². The summed E-state index contributed by atoms with van der Waals surface area (Å²) in [5.74, 6) is -1.75. The Hall–Kier alpha value is -3.23. The minimum absolute atomic E-state index is 0.0445. The molecule has 0 bridgehead atoms. The standard InChI is InChI=1S/C22H18ClNO6S/c1-2-29-22(28)19-20(27)17(31-21(19)24-15-9-7-14(23)8-10-15)11-13-5-3-4-6-16(13)30-12-18(25)26/h3-11,27H,2,12H2,1H3,(H,25,26). The first-order valence-electron chi connectivity index (χ1n) is 9.17. The van der Waals surface area contributed by atoms with E-state index in [2.05, 4.69) is 4.99 Å². The van der Waals surface area contributed by atoms with Crippen LogP contribution >= 0.6 is 23.4 Å². The van der Waals surface area contributed by atoms with Crippen LogP contribution in [0.4, 0.5) is 5.69 Å². The molecule has 0 saturated heterocycles. The minimum Gasteiger partial charge on any atom is -0.506 e. The number of aliphatic hydroxyl groups is 1. The number of carbonyl (C=O) groups excluding carboxylic acids is 1. The largest absolute Gasteiger partial charge is 0.506 e. The fourth-order valence-corrected chi connectivity index (χ4v) is 3.79. The highest BCUT2D eigenvalue weighted by atomic mass is 35.5. The third-order valence-corrected chi connectivity index (χ3v) is 5.26. The number of carboxylic acid groups (broad SMARTS) is 1. The van der Waals surface area contributed by atoms with Crippen LogP contribution < -0.4 is 4.74 Å². The van der Waals surface area contributed by atoms with Crippen molar-refractivity contribution in [2.75, 3.05) is 13.2 Å². The van der Waals surface area contributed by atoms with Crippen LogP contribution in [0, 0.1) is 0 Å². The van der Waals surface area contributed by atoms with Gasteiger partial charge in [-0.3, -0.25) is 0 Å². The van der Waals surface area contributed by atoms with Gasteiger partial charge in [0.25, 0.3) is 0 Å². The van der Waals surface area contributed by atoms with E-state index in [0.717, 1.165) is 11.8 Å². The number of thioether (sulfide) groups is 1. The third kappa shape index (κ3) is 5.68. The van der Waals surface area contributed by atoms with Gasteiger partial charge in [0.15, 0.2) is 6.61 Å². The van der Waals surface area contributed by atoms with Crippen molar-refractivity contribution >= 4 is 52.1 Å². The Kier molecular flexibility index (Phi) is 7.38. The number of aliphatic hydroxyl groups excluding tert-OH is 1. The first kappa shape index (κ1) is 22.5. The molecule has 0 spiro atoms. The fourth-order valence-electron chi connectivity index (χ4n) is 2.64. The number of carbonyl (C=O) groups is 2. The summed E-state index contributed by atoms with van der Waals surface area (Å²) in [6, 6.07) is 13.5. The van der Waals surface area contributed by atoms with Crippen molar-refractivity contribution in [3.63, 3.8) is 0 Å². The van der Waals surface area contributed by atoms with E-state index in [1.165, 1.54) is 0 Å². The van der Waals surface area contributed by atoms with E-state index in [4.69, 9.17) is 26.2 Å². The van der Waals surface area contributed by atoms with E-state index in [9.17, 15) is 14.7 Å². The van der Waals surface area contributed by atoms with E-state index < -0.39 is 18.5 Å². The highest BCUT2D eigenvalue weighted by molar-refractivity contribution is 8.18.